The summed E-state index contributed by atoms with van der Waals surface area (Å²) in [7, 11) is 0. The molecule has 0 fully saturated rings. The number of hydrogen-bond acceptors (Lipinski definition) is 8. The topological polar surface area (TPSA) is 120 Å². The first-order chi connectivity index (χ1) is 15.9. The summed E-state index contributed by atoms with van der Waals surface area (Å²) < 4.78 is 10.6. The van der Waals surface area contributed by atoms with Gasteiger partial charge in [0.2, 0.25) is 11.0 Å². The van der Waals surface area contributed by atoms with Crippen molar-refractivity contribution in [2.24, 2.45) is 0 Å². The van der Waals surface area contributed by atoms with Crippen molar-refractivity contribution in [3.05, 3.63) is 58.6 Å². The van der Waals surface area contributed by atoms with Gasteiger partial charge in [-0.05, 0) is 61.9 Å². The molecule has 2 aromatic carbocycles. The number of amides is 2. The minimum Gasteiger partial charge on any atom is -0.457 e. The number of nitrogens with one attached hydrogen (secondary N) is 2. The molecule has 11 heteroatoms. The van der Waals surface area contributed by atoms with E-state index in [1.54, 1.807) is 55.5 Å². The zero-order valence-corrected chi connectivity index (χ0v) is 19.2. The molecule has 33 heavy (non-hydrogen) atoms. The predicted octanol–water partition coefficient (Wildman–Crippen LogP) is 4.58. The average Bonchev–Trinajstić information content (AvgIpc) is 3.19. The van der Waals surface area contributed by atoms with Crippen molar-refractivity contribution in [1.29, 1.82) is 0 Å². The largest absolute Gasteiger partial charge is 0.457 e. The van der Waals surface area contributed by atoms with Gasteiger partial charge in [-0.25, -0.2) is 0 Å². The first-order valence-corrected chi connectivity index (χ1v) is 11.2. The SMILES string of the molecule is Cc1nnc(NC(=O)CCCC(=O)OCC(=O)Nc2ccc(Oc3ccc(Cl)cc3)cc2)s1. The van der Waals surface area contributed by atoms with Gasteiger partial charge in [-0.15, -0.1) is 10.2 Å². The smallest absolute Gasteiger partial charge is 0.306 e. The molecule has 0 spiro atoms. The van der Waals surface area contributed by atoms with Crippen LogP contribution in [0.3, 0.4) is 0 Å². The number of anilines is 2. The van der Waals surface area contributed by atoms with Gasteiger partial charge in [-0.2, -0.15) is 0 Å². The quantitative estimate of drug-likeness (QED) is 0.401. The van der Waals surface area contributed by atoms with Crippen LogP contribution in [0, 0.1) is 6.92 Å². The molecule has 9 nitrogen and oxygen atoms in total. The van der Waals surface area contributed by atoms with Crippen molar-refractivity contribution < 1.29 is 23.9 Å². The zero-order chi connectivity index (χ0) is 23.6. The maximum absolute atomic E-state index is 12.0. The molecule has 0 radical (unpaired) electrons. The third kappa shape index (κ3) is 8.51. The molecular weight excluding hydrogens is 468 g/mol. The van der Waals surface area contributed by atoms with Crippen molar-refractivity contribution in [3.63, 3.8) is 0 Å². The lowest BCUT2D eigenvalue weighted by atomic mass is 10.2. The van der Waals surface area contributed by atoms with Crippen molar-refractivity contribution in [1.82, 2.24) is 10.2 Å². The summed E-state index contributed by atoms with van der Waals surface area (Å²) in [6.07, 6.45) is 0.441. The van der Waals surface area contributed by atoms with E-state index in [4.69, 9.17) is 21.1 Å². The molecule has 0 bridgehead atoms. The Labute approximate surface area is 199 Å². The fraction of sp³-hybridized carbons (Fsp3) is 0.227. The number of carbonyl (C=O) groups excluding carboxylic acids is 3. The molecule has 0 saturated carbocycles. The Kier molecular flexibility index (Phi) is 8.73. The van der Waals surface area contributed by atoms with Crippen molar-refractivity contribution in [2.75, 3.05) is 17.2 Å². The lowest BCUT2D eigenvalue weighted by molar-refractivity contribution is -0.147. The van der Waals surface area contributed by atoms with Crippen LogP contribution in [0.4, 0.5) is 10.8 Å². The second-order valence-electron chi connectivity index (χ2n) is 6.82. The standard InChI is InChI=1S/C22H21ClN4O5S/c1-14-26-27-22(33-14)25-19(28)3-2-4-21(30)31-13-20(29)24-16-7-11-18(12-8-16)32-17-9-5-15(23)6-10-17/h5-12H,2-4,13H2,1H3,(H,24,29)(H,25,27,28). The molecular formula is C22H21ClN4O5S. The minimum atomic E-state index is -0.559. The minimum absolute atomic E-state index is 0.0204. The zero-order valence-electron chi connectivity index (χ0n) is 17.7. The van der Waals surface area contributed by atoms with E-state index in [2.05, 4.69) is 20.8 Å². The normalized spacial score (nSPS) is 10.4. The monoisotopic (exact) mass is 488 g/mol. The summed E-state index contributed by atoms with van der Waals surface area (Å²) in [6.45, 7) is 1.37. The third-order valence-corrected chi connectivity index (χ3v) is 5.11. The highest BCUT2D eigenvalue weighted by Gasteiger charge is 2.11. The molecule has 0 saturated heterocycles. The fourth-order valence-corrected chi connectivity index (χ4v) is 3.32. The van der Waals surface area contributed by atoms with E-state index in [-0.39, 0.29) is 18.7 Å². The van der Waals surface area contributed by atoms with Crippen molar-refractivity contribution >= 4 is 51.5 Å². The van der Waals surface area contributed by atoms with Crippen LogP contribution in [-0.4, -0.2) is 34.6 Å². The van der Waals surface area contributed by atoms with Gasteiger partial charge in [0, 0.05) is 23.6 Å². The number of carbonyl (C=O) groups is 3. The highest BCUT2D eigenvalue weighted by molar-refractivity contribution is 7.15. The highest BCUT2D eigenvalue weighted by Crippen LogP contribution is 2.24. The number of benzene rings is 2. The highest BCUT2D eigenvalue weighted by atomic mass is 35.5. The summed E-state index contributed by atoms with van der Waals surface area (Å²) in [5.41, 5.74) is 0.531. The maximum Gasteiger partial charge on any atom is 0.306 e. The van der Waals surface area contributed by atoms with Gasteiger partial charge in [0.25, 0.3) is 5.91 Å². The molecule has 0 aliphatic carbocycles. The Morgan fingerprint density at radius 3 is 2.21 bits per heavy atom. The van der Waals surface area contributed by atoms with Gasteiger partial charge < -0.3 is 20.1 Å². The molecule has 2 N–H and O–H groups in total. The number of aryl methyl sites for hydroxylation is 1. The lowest BCUT2D eigenvalue weighted by Gasteiger charge is -2.09. The number of halogens is 1. The van der Waals surface area contributed by atoms with E-state index in [1.807, 2.05) is 0 Å². The number of esters is 1. The van der Waals surface area contributed by atoms with Gasteiger partial charge >= 0.3 is 5.97 Å². The molecule has 1 aromatic heterocycles. The van der Waals surface area contributed by atoms with Gasteiger partial charge in [-0.1, -0.05) is 22.9 Å². The second-order valence-corrected chi connectivity index (χ2v) is 8.44. The number of nitrogens with zero attached hydrogens (tertiary/aromatic N) is 2. The van der Waals surface area contributed by atoms with E-state index in [0.29, 0.717) is 33.8 Å². The average molecular weight is 489 g/mol. The molecule has 0 aliphatic heterocycles. The molecule has 3 rings (SSSR count). The summed E-state index contributed by atoms with van der Waals surface area (Å²) in [5, 5.41) is 14.6. The molecule has 3 aromatic rings. The number of aromatic nitrogens is 2. The summed E-state index contributed by atoms with van der Waals surface area (Å²) >= 11 is 7.12. The summed E-state index contributed by atoms with van der Waals surface area (Å²) in [4.78, 5) is 35.6. The third-order valence-electron chi connectivity index (χ3n) is 4.11. The van der Waals surface area contributed by atoms with Crippen LogP contribution in [0.2, 0.25) is 5.02 Å². The summed E-state index contributed by atoms with van der Waals surface area (Å²) in [5.74, 6) is -0.0707. The molecule has 2 amide bonds. The molecule has 172 valence electrons. The molecule has 0 aliphatic rings. The Morgan fingerprint density at radius 1 is 0.909 bits per heavy atom. The first kappa shape index (κ1) is 24.1. The molecule has 0 unspecified atom stereocenters. The van der Waals surface area contributed by atoms with Crippen LogP contribution in [0.5, 0.6) is 11.5 Å². The van der Waals surface area contributed by atoms with Gasteiger partial charge in [0.05, 0.1) is 0 Å². The lowest BCUT2D eigenvalue weighted by Crippen LogP contribution is -2.21. The number of rotatable bonds is 10. The second kappa shape index (κ2) is 11.9. The van der Waals surface area contributed by atoms with Crippen LogP contribution in [0.15, 0.2) is 48.5 Å². The van der Waals surface area contributed by atoms with Crippen molar-refractivity contribution in [3.8, 4) is 11.5 Å². The van der Waals surface area contributed by atoms with Crippen LogP contribution in [-0.2, 0) is 19.1 Å². The van der Waals surface area contributed by atoms with E-state index < -0.39 is 18.5 Å². The number of ether oxygens (including phenoxy) is 2. The van der Waals surface area contributed by atoms with Crippen LogP contribution >= 0.6 is 22.9 Å². The van der Waals surface area contributed by atoms with Gasteiger partial charge in [0.15, 0.2) is 6.61 Å². The van der Waals surface area contributed by atoms with Gasteiger partial charge in [-0.3, -0.25) is 14.4 Å². The van der Waals surface area contributed by atoms with E-state index >= 15 is 0 Å². The maximum atomic E-state index is 12.0. The van der Waals surface area contributed by atoms with Crippen LogP contribution < -0.4 is 15.4 Å². The van der Waals surface area contributed by atoms with E-state index in [9.17, 15) is 14.4 Å². The van der Waals surface area contributed by atoms with E-state index in [0.717, 1.165) is 5.01 Å². The molecule has 0 atom stereocenters. The van der Waals surface area contributed by atoms with Crippen molar-refractivity contribution in [2.45, 2.75) is 26.2 Å². The van der Waals surface area contributed by atoms with Crippen LogP contribution in [0.1, 0.15) is 24.3 Å². The van der Waals surface area contributed by atoms with E-state index in [1.165, 1.54) is 11.3 Å². The Hall–Kier alpha value is -3.50. The Balaban J connectivity index is 1.32. The first-order valence-electron chi connectivity index (χ1n) is 9.96. The number of hydrogen-bond donors (Lipinski definition) is 2. The Morgan fingerprint density at radius 2 is 1.58 bits per heavy atom. The predicted molar refractivity (Wildman–Crippen MR) is 125 cm³/mol. The summed E-state index contributed by atoms with van der Waals surface area (Å²) in [6, 6.07) is 13.7. The Bertz CT molecular complexity index is 1100. The van der Waals surface area contributed by atoms with Crippen LogP contribution in [0.25, 0.3) is 0 Å². The molecule has 1 heterocycles. The fourth-order valence-electron chi connectivity index (χ4n) is 2.58. The van der Waals surface area contributed by atoms with Gasteiger partial charge in [0.1, 0.15) is 16.5 Å².